The number of piperidine rings is 1. The summed E-state index contributed by atoms with van der Waals surface area (Å²) in [4.78, 5) is 3.70. The van der Waals surface area contributed by atoms with Gasteiger partial charge in [0.05, 0.1) is 17.5 Å². The van der Waals surface area contributed by atoms with E-state index in [1.807, 2.05) is 18.5 Å². The molecule has 7 nitrogen and oxygen atoms in total. The molecule has 2 aromatic heterocycles. The van der Waals surface area contributed by atoms with Crippen LogP contribution in [0.2, 0.25) is 0 Å². The van der Waals surface area contributed by atoms with E-state index in [4.69, 9.17) is 5.73 Å². The van der Waals surface area contributed by atoms with Gasteiger partial charge in [0.2, 0.25) is 10.0 Å². The van der Waals surface area contributed by atoms with Crippen molar-refractivity contribution in [2.75, 3.05) is 25.1 Å². The standard InChI is InChI=1S/C18H22F3N5O2S/c1-9(2)26-15(16-11-7-25(8-12(11)16)29(3,27)28)5-14(24-26)10-4-13(18(19,20)21)17(22)23-6-10/h4-6,9,11-12,16H,7-8H2,1-3H3,(H2,22,23). The van der Waals surface area contributed by atoms with Crippen molar-refractivity contribution in [3.05, 3.63) is 29.6 Å². The summed E-state index contributed by atoms with van der Waals surface area (Å²) in [6.45, 7) is 4.83. The molecule has 11 heteroatoms. The summed E-state index contributed by atoms with van der Waals surface area (Å²) in [5, 5.41) is 4.53. The summed E-state index contributed by atoms with van der Waals surface area (Å²) in [6, 6.07) is 2.77. The van der Waals surface area contributed by atoms with Gasteiger partial charge in [0, 0.05) is 42.5 Å². The summed E-state index contributed by atoms with van der Waals surface area (Å²) in [7, 11) is -3.21. The highest BCUT2D eigenvalue weighted by Crippen LogP contribution is 2.59. The van der Waals surface area contributed by atoms with Gasteiger partial charge in [0.25, 0.3) is 0 Å². The van der Waals surface area contributed by atoms with E-state index >= 15 is 0 Å². The van der Waals surface area contributed by atoms with Crippen molar-refractivity contribution in [2.45, 2.75) is 32.0 Å². The predicted molar refractivity (Wildman–Crippen MR) is 101 cm³/mol. The van der Waals surface area contributed by atoms with Gasteiger partial charge < -0.3 is 5.73 Å². The van der Waals surface area contributed by atoms with E-state index in [0.29, 0.717) is 18.8 Å². The third kappa shape index (κ3) is 3.50. The van der Waals surface area contributed by atoms with Crippen molar-refractivity contribution in [1.29, 1.82) is 0 Å². The highest BCUT2D eigenvalue weighted by atomic mass is 32.2. The lowest BCUT2D eigenvalue weighted by Gasteiger charge is -2.18. The number of hydrogen-bond acceptors (Lipinski definition) is 5. The molecule has 1 saturated heterocycles. The Bertz CT molecular complexity index is 1050. The van der Waals surface area contributed by atoms with Gasteiger partial charge >= 0.3 is 6.18 Å². The molecule has 0 radical (unpaired) electrons. The predicted octanol–water partition coefficient (Wildman–Crippen LogP) is 2.73. The molecule has 2 aliphatic rings. The molecule has 158 valence electrons. The fourth-order valence-electron chi connectivity index (χ4n) is 4.25. The summed E-state index contributed by atoms with van der Waals surface area (Å²) in [5.74, 6) is 0.00643. The van der Waals surface area contributed by atoms with Crippen molar-refractivity contribution in [3.8, 4) is 11.3 Å². The third-order valence-electron chi connectivity index (χ3n) is 5.74. The number of fused-ring (bicyclic) bond motifs is 1. The summed E-state index contributed by atoms with van der Waals surface area (Å²) in [6.07, 6.45) is -2.10. The number of nitrogen functional groups attached to an aromatic ring is 1. The number of aromatic nitrogens is 3. The molecule has 3 heterocycles. The molecule has 0 amide bonds. The van der Waals surface area contributed by atoms with Crippen LogP contribution >= 0.6 is 0 Å². The maximum atomic E-state index is 13.2. The van der Waals surface area contributed by atoms with Gasteiger partial charge in [-0.25, -0.2) is 17.7 Å². The zero-order valence-corrected chi connectivity index (χ0v) is 17.0. The molecule has 2 unspecified atom stereocenters. The van der Waals surface area contributed by atoms with Crippen molar-refractivity contribution < 1.29 is 21.6 Å². The molecule has 1 aliphatic carbocycles. The van der Waals surface area contributed by atoms with Crippen LogP contribution in [0.5, 0.6) is 0 Å². The van der Waals surface area contributed by atoms with Crippen LogP contribution in [0.25, 0.3) is 11.3 Å². The number of alkyl halides is 3. The largest absolute Gasteiger partial charge is 0.419 e. The molecule has 29 heavy (non-hydrogen) atoms. The second kappa shape index (κ2) is 6.43. The first kappa shape index (κ1) is 20.1. The monoisotopic (exact) mass is 429 g/mol. The molecule has 2 fully saturated rings. The van der Waals surface area contributed by atoms with Crippen molar-refractivity contribution in [3.63, 3.8) is 0 Å². The Hall–Kier alpha value is -2.14. The maximum absolute atomic E-state index is 13.2. The topological polar surface area (TPSA) is 94.1 Å². The number of anilines is 1. The molecule has 2 aromatic rings. The van der Waals surface area contributed by atoms with Gasteiger partial charge in [-0.2, -0.15) is 18.3 Å². The average molecular weight is 429 g/mol. The Morgan fingerprint density at radius 1 is 1.21 bits per heavy atom. The van der Waals surface area contributed by atoms with Gasteiger partial charge in [-0.15, -0.1) is 0 Å². The molecule has 2 N–H and O–H groups in total. The number of nitrogens with two attached hydrogens (primary N) is 1. The van der Waals surface area contributed by atoms with Gasteiger partial charge in [-0.3, -0.25) is 4.68 Å². The smallest absolute Gasteiger partial charge is 0.383 e. The van der Waals surface area contributed by atoms with E-state index in [-0.39, 0.29) is 29.4 Å². The van der Waals surface area contributed by atoms with Crippen LogP contribution in [0.15, 0.2) is 18.3 Å². The Balaban J connectivity index is 1.67. The normalized spacial score (nSPS) is 24.9. The number of pyridine rings is 1. The lowest BCUT2D eigenvalue weighted by Crippen LogP contribution is -2.30. The molecular weight excluding hydrogens is 407 g/mol. The molecule has 0 aromatic carbocycles. The van der Waals surface area contributed by atoms with E-state index in [9.17, 15) is 21.6 Å². The fourth-order valence-corrected chi connectivity index (χ4v) is 5.14. The van der Waals surface area contributed by atoms with E-state index in [1.54, 1.807) is 6.07 Å². The molecule has 0 spiro atoms. The first-order valence-electron chi connectivity index (χ1n) is 9.25. The zero-order chi connectivity index (χ0) is 21.3. The highest BCUT2D eigenvalue weighted by Gasteiger charge is 2.59. The van der Waals surface area contributed by atoms with E-state index in [1.165, 1.54) is 16.8 Å². The van der Waals surface area contributed by atoms with Crippen molar-refractivity contribution >= 4 is 15.8 Å². The molecule has 4 rings (SSSR count). The minimum Gasteiger partial charge on any atom is -0.383 e. The Morgan fingerprint density at radius 2 is 1.83 bits per heavy atom. The molecule has 0 bridgehead atoms. The first-order chi connectivity index (χ1) is 13.4. The van der Waals surface area contributed by atoms with Crippen LogP contribution in [0.4, 0.5) is 19.0 Å². The number of halogens is 3. The Kier molecular flexibility index (Phi) is 4.47. The quantitative estimate of drug-likeness (QED) is 0.807. The van der Waals surface area contributed by atoms with Gasteiger partial charge in [-0.05, 0) is 37.8 Å². The summed E-state index contributed by atoms with van der Waals surface area (Å²) in [5.41, 5.74) is 5.98. The SMILES string of the molecule is CC(C)n1nc(-c2cnc(N)c(C(F)(F)F)c2)cc1C1C2CN(S(C)(=O)=O)CC21. The van der Waals surface area contributed by atoms with E-state index in [0.717, 1.165) is 11.8 Å². The van der Waals surface area contributed by atoms with Crippen molar-refractivity contribution in [2.24, 2.45) is 11.8 Å². The van der Waals surface area contributed by atoms with Gasteiger partial charge in [0.1, 0.15) is 5.82 Å². The van der Waals surface area contributed by atoms with Crippen LogP contribution in [0, 0.1) is 11.8 Å². The first-order valence-corrected chi connectivity index (χ1v) is 11.1. The number of sulfonamides is 1. The van der Waals surface area contributed by atoms with Gasteiger partial charge in [-0.1, -0.05) is 0 Å². The maximum Gasteiger partial charge on any atom is 0.419 e. The van der Waals surface area contributed by atoms with Crippen LogP contribution < -0.4 is 5.73 Å². The molecular formula is C18H22F3N5O2S. The molecule has 1 saturated carbocycles. The highest BCUT2D eigenvalue weighted by molar-refractivity contribution is 7.88. The fraction of sp³-hybridized carbons (Fsp3) is 0.556. The van der Waals surface area contributed by atoms with Crippen LogP contribution in [0.3, 0.4) is 0 Å². The third-order valence-corrected chi connectivity index (χ3v) is 6.98. The zero-order valence-electron chi connectivity index (χ0n) is 16.2. The average Bonchev–Trinajstić information content (AvgIpc) is 2.98. The molecule has 2 atom stereocenters. The number of nitrogens with zero attached hydrogens (tertiary/aromatic N) is 4. The number of rotatable bonds is 4. The molecule has 1 aliphatic heterocycles. The van der Waals surface area contributed by atoms with Crippen LogP contribution in [0.1, 0.15) is 37.1 Å². The lowest BCUT2D eigenvalue weighted by molar-refractivity contribution is -0.137. The Morgan fingerprint density at radius 3 is 2.34 bits per heavy atom. The number of hydrogen-bond donors (Lipinski definition) is 1. The second-order valence-corrected chi connectivity index (χ2v) is 10.1. The summed E-state index contributed by atoms with van der Waals surface area (Å²) < 4.78 is 66.3. The van der Waals surface area contributed by atoms with E-state index < -0.39 is 27.6 Å². The Labute approximate surface area is 166 Å². The van der Waals surface area contributed by atoms with Crippen LogP contribution in [-0.4, -0.2) is 46.8 Å². The lowest BCUT2D eigenvalue weighted by atomic mass is 10.1. The second-order valence-electron chi connectivity index (χ2n) is 8.08. The minimum absolute atomic E-state index is 0.00918. The van der Waals surface area contributed by atoms with E-state index in [2.05, 4.69) is 10.1 Å². The van der Waals surface area contributed by atoms with Crippen LogP contribution in [-0.2, 0) is 16.2 Å². The minimum atomic E-state index is -4.60. The summed E-state index contributed by atoms with van der Waals surface area (Å²) >= 11 is 0. The van der Waals surface area contributed by atoms with Crippen molar-refractivity contribution in [1.82, 2.24) is 19.1 Å². The van der Waals surface area contributed by atoms with Gasteiger partial charge in [0.15, 0.2) is 0 Å².